The van der Waals surface area contributed by atoms with Crippen LogP contribution in [-0.4, -0.2) is 24.4 Å². The molecule has 0 bridgehead atoms. The van der Waals surface area contributed by atoms with E-state index in [0.29, 0.717) is 6.54 Å². The summed E-state index contributed by atoms with van der Waals surface area (Å²) in [6.45, 7) is 2.69. The normalized spacial score (nSPS) is 18.4. The van der Waals surface area contributed by atoms with Crippen LogP contribution in [0, 0.1) is 6.92 Å². The third kappa shape index (κ3) is 3.16. The zero-order chi connectivity index (χ0) is 13.0. The van der Waals surface area contributed by atoms with E-state index in [2.05, 4.69) is 12.2 Å². The molecule has 0 heterocycles. The van der Waals surface area contributed by atoms with Crippen molar-refractivity contribution in [3.8, 4) is 5.75 Å². The number of ether oxygens (including phenoxy) is 1. The van der Waals surface area contributed by atoms with Gasteiger partial charge in [-0.3, -0.25) is 0 Å². The van der Waals surface area contributed by atoms with Gasteiger partial charge in [0.2, 0.25) is 0 Å². The van der Waals surface area contributed by atoms with Gasteiger partial charge in [-0.25, -0.2) is 0 Å². The van der Waals surface area contributed by atoms with Gasteiger partial charge in [0, 0.05) is 12.2 Å². The largest absolute Gasteiger partial charge is 0.497 e. The molecule has 100 valence electrons. The Morgan fingerprint density at radius 3 is 2.61 bits per heavy atom. The molecular formula is C15H23NO2. The van der Waals surface area contributed by atoms with Crippen LogP contribution in [0.4, 0.5) is 5.69 Å². The molecule has 0 aliphatic heterocycles. The quantitative estimate of drug-likeness (QED) is 0.861. The van der Waals surface area contributed by atoms with Crippen molar-refractivity contribution in [3.63, 3.8) is 0 Å². The van der Waals surface area contributed by atoms with E-state index in [9.17, 15) is 5.11 Å². The van der Waals surface area contributed by atoms with Crippen molar-refractivity contribution in [1.82, 2.24) is 0 Å². The van der Waals surface area contributed by atoms with Crippen LogP contribution in [0.15, 0.2) is 18.2 Å². The van der Waals surface area contributed by atoms with Gasteiger partial charge in [-0.15, -0.1) is 0 Å². The van der Waals surface area contributed by atoms with Crippen molar-refractivity contribution in [2.24, 2.45) is 0 Å². The Hall–Kier alpha value is -1.22. The fraction of sp³-hybridized carbons (Fsp3) is 0.600. The first kappa shape index (κ1) is 13.2. The third-order valence-electron chi connectivity index (χ3n) is 3.83. The summed E-state index contributed by atoms with van der Waals surface area (Å²) in [4.78, 5) is 0. The molecule has 1 saturated carbocycles. The number of rotatable bonds is 4. The zero-order valence-corrected chi connectivity index (χ0v) is 11.3. The van der Waals surface area contributed by atoms with Gasteiger partial charge in [0.1, 0.15) is 5.75 Å². The van der Waals surface area contributed by atoms with Gasteiger partial charge < -0.3 is 15.2 Å². The van der Waals surface area contributed by atoms with E-state index >= 15 is 0 Å². The summed E-state index contributed by atoms with van der Waals surface area (Å²) in [6.07, 6.45) is 5.35. The van der Waals surface area contributed by atoms with Gasteiger partial charge in [-0.1, -0.05) is 19.3 Å². The lowest BCUT2D eigenvalue weighted by Crippen LogP contribution is -2.38. The Balaban J connectivity index is 1.97. The van der Waals surface area contributed by atoms with Crippen LogP contribution in [0.25, 0.3) is 0 Å². The van der Waals surface area contributed by atoms with Crippen molar-refractivity contribution in [2.45, 2.75) is 44.6 Å². The molecule has 2 rings (SSSR count). The number of nitrogens with one attached hydrogen (secondary N) is 1. The fourth-order valence-electron chi connectivity index (χ4n) is 2.61. The van der Waals surface area contributed by atoms with Gasteiger partial charge in [-0.2, -0.15) is 0 Å². The SMILES string of the molecule is COc1ccc(NCC2(O)CCCCC2)c(C)c1. The molecule has 3 heteroatoms. The predicted octanol–water partition coefficient (Wildman–Crippen LogP) is 3.11. The van der Waals surface area contributed by atoms with Gasteiger partial charge in [-0.05, 0) is 43.5 Å². The number of hydrogen-bond donors (Lipinski definition) is 2. The summed E-state index contributed by atoms with van der Waals surface area (Å²) in [5.41, 5.74) is 1.70. The average Bonchev–Trinajstić information content (AvgIpc) is 2.38. The van der Waals surface area contributed by atoms with Crippen LogP contribution < -0.4 is 10.1 Å². The number of hydrogen-bond acceptors (Lipinski definition) is 3. The molecule has 0 saturated heterocycles. The van der Waals surface area contributed by atoms with E-state index < -0.39 is 5.60 Å². The number of anilines is 1. The first-order valence-corrected chi connectivity index (χ1v) is 6.74. The maximum Gasteiger partial charge on any atom is 0.119 e. The maximum absolute atomic E-state index is 10.4. The predicted molar refractivity (Wildman–Crippen MR) is 74.3 cm³/mol. The molecule has 0 amide bonds. The van der Waals surface area contributed by atoms with Crippen LogP contribution in [-0.2, 0) is 0 Å². The summed E-state index contributed by atoms with van der Waals surface area (Å²) in [6, 6.07) is 5.97. The average molecular weight is 249 g/mol. The summed E-state index contributed by atoms with van der Waals surface area (Å²) in [5.74, 6) is 0.870. The van der Waals surface area contributed by atoms with Crippen LogP contribution in [0.3, 0.4) is 0 Å². The van der Waals surface area contributed by atoms with Crippen molar-refractivity contribution in [2.75, 3.05) is 19.0 Å². The van der Waals surface area contributed by atoms with E-state index in [-0.39, 0.29) is 0 Å². The summed E-state index contributed by atoms with van der Waals surface area (Å²) in [7, 11) is 1.67. The number of aliphatic hydroxyl groups is 1. The molecule has 1 aromatic rings. The van der Waals surface area contributed by atoms with E-state index in [1.807, 2.05) is 18.2 Å². The molecule has 0 radical (unpaired) electrons. The Labute approximate surface area is 109 Å². The van der Waals surface area contributed by atoms with Gasteiger partial charge >= 0.3 is 0 Å². The second-order valence-corrected chi connectivity index (χ2v) is 5.32. The summed E-state index contributed by atoms with van der Waals surface area (Å²) < 4.78 is 5.19. The van der Waals surface area contributed by atoms with Crippen molar-refractivity contribution in [1.29, 1.82) is 0 Å². The Kier molecular flexibility index (Phi) is 4.12. The van der Waals surface area contributed by atoms with E-state index in [0.717, 1.165) is 42.7 Å². The highest BCUT2D eigenvalue weighted by Crippen LogP contribution is 2.29. The third-order valence-corrected chi connectivity index (χ3v) is 3.83. The van der Waals surface area contributed by atoms with Crippen LogP contribution in [0.1, 0.15) is 37.7 Å². The molecule has 1 fully saturated rings. The topological polar surface area (TPSA) is 41.5 Å². The molecule has 1 aromatic carbocycles. The smallest absolute Gasteiger partial charge is 0.119 e. The molecular weight excluding hydrogens is 226 g/mol. The van der Waals surface area contributed by atoms with Gasteiger partial charge in [0.25, 0.3) is 0 Å². The number of benzene rings is 1. The fourth-order valence-corrected chi connectivity index (χ4v) is 2.61. The highest BCUT2D eigenvalue weighted by molar-refractivity contribution is 5.53. The van der Waals surface area contributed by atoms with E-state index in [4.69, 9.17) is 4.74 Å². The Morgan fingerprint density at radius 1 is 1.28 bits per heavy atom. The molecule has 3 nitrogen and oxygen atoms in total. The summed E-state index contributed by atoms with van der Waals surface area (Å²) in [5, 5.41) is 13.8. The minimum absolute atomic E-state index is 0.523. The number of aryl methyl sites for hydroxylation is 1. The standard InChI is InChI=1S/C15H23NO2/c1-12-10-13(18-2)6-7-14(12)16-11-15(17)8-4-3-5-9-15/h6-7,10,16-17H,3-5,8-9,11H2,1-2H3. The first-order valence-electron chi connectivity index (χ1n) is 6.74. The highest BCUT2D eigenvalue weighted by atomic mass is 16.5. The van der Waals surface area contributed by atoms with Crippen LogP contribution in [0.5, 0.6) is 5.75 Å². The minimum atomic E-state index is -0.523. The second-order valence-electron chi connectivity index (χ2n) is 5.32. The molecule has 18 heavy (non-hydrogen) atoms. The lowest BCUT2D eigenvalue weighted by Gasteiger charge is -2.32. The van der Waals surface area contributed by atoms with Crippen LogP contribution in [0.2, 0.25) is 0 Å². The maximum atomic E-state index is 10.4. The van der Waals surface area contributed by atoms with Gasteiger partial charge in [0.15, 0.2) is 0 Å². The molecule has 2 N–H and O–H groups in total. The second kappa shape index (κ2) is 5.61. The molecule has 0 atom stereocenters. The van der Waals surface area contributed by atoms with Gasteiger partial charge in [0.05, 0.1) is 12.7 Å². The molecule has 0 unspecified atom stereocenters. The highest BCUT2D eigenvalue weighted by Gasteiger charge is 2.28. The molecule has 1 aliphatic carbocycles. The molecule has 1 aliphatic rings. The number of methoxy groups -OCH3 is 1. The monoisotopic (exact) mass is 249 g/mol. The Morgan fingerprint density at radius 2 is 2.00 bits per heavy atom. The van der Waals surface area contributed by atoms with E-state index in [1.54, 1.807) is 7.11 Å². The van der Waals surface area contributed by atoms with Crippen molar-refractivity contribution < 1.29 is 9.84 Å². The van der Waals surface area contributed by atoms with Crippen molar-refractivity contribution >= 4 is 5.69 Å². The minimum Gasteiger partial charge on any atom is -0.497 e. The lowest BCUT2D eigenvalue weighted by atomic mass is 9.85. The lowest BCUT2D eigenvalue weighted by molar-refractivity contribution is 0.0167. The molecule has 0 spiro atoms. The van der Waals surface area contributed by atoms with E-state index in [1.165, 1.54) is 6.42 Å². The Bertz CT molecular complexity index is 397. The summed E-state index contributed by atoms with van der Waals surface area (Å²) >= 11 is 0. The van der Waals surface area contributed by atoms with Crippen molar-refractivity contribution in [3.05, 3.63) is 23.8 Å². The van der Waals surface area contributed by atoms with Crippen LogP contribution >= 0.6 is 0 Å². The first-order chi connectivity index (χ1) is 8.63. The zero-order valence-electron chi connectivity index (χ0n) is 11.3. The molecule has 0 aromatic heterocycles.